The first-order chi connectivity index (χ1) is 16.4. The number of hydrogen-bond donors (Lipinski definition) is 1. The van der Waals surface area contributed by atoms with Crippen LogP contribution in [0, 0.1) is 5.92 Å². The Balaban J connectivity index is 1.51. The van der Waals surface area contributed by atoms with E-state index in [1.807, 2.05) is 36.4 Å². The molecule has 0 saturated heterocycles. The lowest BCUT2D eigenvalue weighted by Crippen LogP contribution is -2.14. The van der Waals surface area contributed by atoms with Gasteiger partial charge in [-0.25, -0.2) is 4.79 Å². The van der Waals surface area contributed by atoms with Crippen LogP contribution in [0.4, 0.5) is 4.79 Å². The number of ether oxygens (including phenoxy) is 2. The lowest BCUT2D eigenvalue weighted by molar-refractivity contribution is -0.119. The van der Waals surface area contributed by atoms with Crippen molar-refractivity contribution in [3.63, 3.8) is 0 Å². The van der Waals surface area contributed by atoms with E-state index in [1.54, 1.807) is 13.8 Å². The minimum atomic E-state index is -0.671. The van der Waals surface area contributed by atoms with Crippen LogP contribution in [-0.2, 0) is 16.0 Å². The largest absolute Gasteiger partial charge is 0.514 e. The van der Waals surface area contributed by atoms with Crippen LogP contribution in [0.15, 0.2) is 36.4 Å². The Morgan fingerprint density at radius 2 is 1.88 bits per heavy atom. The Kier molecular flexibility index (Phi) is 10.1. The summed E-state index contributed by atoms with van der Waals surface area (Å²) in [4.78, 5) is 25.5. The number of rotatable bonds is 12. The number of carbonyl (C=O) groups excluding carboxylic acids is 2. The first kappa shape index (κ1) is 26.4. The van der Waals surface area contributed by atoms with E-state index in [1.165, 1.54) is 11.3 Å². The van der Waals surface area contributed by atoms with Gasteiger partial charge in [0.15, 0.2) is 5.06 Å². The van der Waals surface area contributed by atoms with Crippen LogP contribution in [-0.4, -0.2) is 23.1 Å². The molecule has 1 heterocycles. The maximum Gasteiger partial charge on any atom is 0.514 e. The van der Waals surface area contributed by atoms with Gasteiger partial charge in [0.1, 0.15) is 5.78 Å². The van der Waals surface area contributed by atoms with Gasteiger partial charge >= 0.3 is 6.16 Å². The summed E-state index contributed by atoms with van der Waals surface area (Å²) in [5.41, 5.74) is 2.02. The van der Waals surface area contributed by atoms with E-state index in [0.29, 0.717) is 23.2 Å². The molecule has 1 fully saturated rings. The summed E-state index contributed by atoms with van der Waals surface area (Å²) in [6.07, 6.45) is 7.24. The topological polar surface area (TPSA) is 72.8 Å². The second-order valence-electron chi connectivity index (χ2n) is 9.55. The molecule has 1 aliphatic carbocycles. The molecule has 1 aromatic carbocycles. The highest BCUT2D eigenvalue weighted by Gasteiger charge is 2.35. The smallest absolute Gasteiger partial charge is 0.431 e. The predicted molar refractivity (Wildman–Crippen MR) is 136 cm³/mol. The number of aryl methyl sites for hydroxylation is 1. The van der Waals surface area contributed by atoms with Crippen LogP contribution in [0.1, 0.15) is 100 Å². The Morgan fingerprint density at radius 3 is 2.59 bits per heavy atom. The molecule has 0 amide bonds. The van der Waals surface area contributed by atoms with Crippen molar-refractivity contribution in [1.82, 2.24) is 0 Å². The third kappa shape index (κ3) is 7.67. The van der Waals surface area contributed by atoms with Gasteiger partial charge < -0.3 is 14.6 Å². The molecule has 5 nitrogen and oxygen atoms in total. The highest BCUT2D eigenvalue weighted by atomic mass is 32.1. The van der Waals surface area contributed by atoms with Crippen molar-refractivity contribution in [2.45, 2.75) is 96.7 Å². The van der Waals surface area contributed by atoms with Crippen LogP contribution >= 0.6 is 11.3 Å². The van der Waals surface area contributed by atoms with E-state index in [4.69, 9.17) is 9.47 Å². The molecule has 0 aliphatic heterocycles. The van der Waals surface area contributed by atoms with E-state index >= 15 is 0 Å². The number of carbonyl (C=O) groups is 2. The van der Waals surface area contributed by atoms with E-state index < -0.39 is 12.3 Å². The van der Waals surface area contributed by atoms with Crippen LogP contribution in [0.2, 0.25) is 0 Å². The highest BCUT2D eigenvalue weighted by Crippen LogP contribution is 2.40. The van der Waals surface area contributed by atoms with Gasteiger partial charge in [-0.2, -0.15) is 0 Å². The minimum absolute atomic E-state index is 0.0423. The number of thiophene rings is 1. The molecule has 2 aromatic rings. The zero-order valence-electron chi connectivity index (χ0n) is 20.6. The third-order valence-electron chi connectivity index (χ3n) is 6.49. The van der Waals surface area contributed by atoms with Gasteiger partial charge in [-0.05, 0) is 75.1 Å². The Hall–Kier alpha value is -2.18. The number of hydrogen-bond acceptors (Lipinski definition) is 6. The average Bonchev–Trinajstić information content (AvgIpc) is 3.39. The lowest BCUT2D eigenvalue weighted by Gasteiger charge is -2.20. The van der Waals surface area contributed by atoms with E-state index in [0.717, 1.165) is 67.4 Å². The molecular formula is C28H38O5S. The van der Waals surface area contributed by atoms with Gasteiger partial charge in [-0.3, -0.25) is 4.79 Å². The normalized spacial score (nSPS) is 18.9. The average molecular weight is 487 g/mol. The zero-order valence-corrected chi connectivity index (χ0v) is 21.4. The SMILES string of the molecule is CCCCCC(O)c1ccc(C2C(=O)CC[C@@H]2CCCc2ccc(OC(=O)OC(C)C)s2)cc1. The molecule has 3 rings (SSSR count). The number of benzene rings is 1. The molecular weight excluding hydrogens is 448 g/mol. The van der Waals surface area contributed by atoms with Crippen molar-refractivity contribution in [3.8, 4) is 5.06 Å². The van der Waals surface area contributed by atoms with Crippen LogP contribution in [0.5, 0.6) is 5.06 Å². The fourth-order valence-corrected chi connectivity index (χ4v) is 5.63. The Morgan fingerprint density at radius 1 is 1.12 bits per heavy atom. The van der Waals surface area contributed by atoms with Crippen LogP contribution < -0.4 is 4.74 Å². The van der Waals surface area contributed by atoms with Crippen molar-refractivity contribution in [3.05, 3.63) is 52.4 Å². The lowest BCUT2D eigenvalue weighted by atomic mass is 9.84. The van der Waals surface area contributed by atoms with E-state index in [2.05, 4.69) is 6.92 Å². The molecule has 2 unspecified atom stereocenters. The molecule has 0 spiro atoms. The summed E-state index contributed by atoms with van der Waals surface area (Å²) in [5, 5.41) is 11.0. The Bertz CT molecular complexity index is 917. The highest BCUT2D eigenvalue weighted by molar-refractivity contribution is 7.13. The van der Waals surface area contributed by atoms with Crippen LogP contribution in [0.3, 0.4) is 0 Å². The minimum Gasteiger partial charge on any atom is -0.431 e. The van der Waals surface area contributed by atoms with Gasteiger partial charge in [0.25, 0.3) is 0 Å². The third-order valence-corrected chi connectivity index (χ3v) is 7.52. The fourth-order valence-electron chi connectivity index (χ4n) is 4.75. The molecule has 1 N–H and O–H groups in total. The molecule has 34 heavy (non-hydrogen) atoms. The van der Waals surface area contributed by atoms with Gasteiger partial charge in [-0.1, -0.05) is 50.5 Å². The molecule has 0 radical (unpaired) electrons. The van der Waals surface area contributed by atoms with Crippen molar-refractivity contribution < 1.29 is 24.2 Å². The molecule has 1 aliphatic rings. The summed E-state index contributed by atoms with van der Waals surface area (Å²) < 4.78 is 10.2. The molecule has 1 saturated carbocycles. The zero-order chi connectivity index (χ0) is 24.5. The number of aliphatic hydroxyl groups is 1. The first-order valence-corrected chi connectivity index (χ1v) is 13.5. The molecule has 1 aromatic heterocycles. The summed E-state index contributed by atoms with van der Waals surface area (Å²) in [5.74, 6) is 0.639. The number of unbranched alkanes of at least 4 members (excludes halogenated alkanes) is 2. The maximum atomic E-state index is 12.7. The standard InChI is InChI=1S/C28H38O5S/c1-4-5-6-10-24(29)20-11-13-22(14-12-20)27-21(15-17-25(27)30)8-7-9-23-16-18-26(34-23)33-28(31)32-19(2)3/h11-14,16,18-19,21,24,27,29H,4-10,15,17H2,1-3H3/t21-,24?,27?/m0/s1. The first-order valence-electron chi connectivity index (χ1n) is 12.6. The van der Waals surface area contributed by atoms with Crippen molar-refractivity contribution in [2.75, 3.05) is 0 Å². The van der Waals surface area contributed by atoms with Gasteiger partial charge in [0.05, 0.1) is 12.2 Å². The molecule has 3 atom stereocenters. The molecule has 0 bridgehead atoms. The second-order valence-corrected chi connectivity index (χ2v) is 10.7. The molecule has 6 heteroatoms. The summed E-state index contributed by atoms with van der Waals surface area (Å²) in [7, 11) is 0. The molecule has 186 valence electrons. The quantitative estimate of drug-likeness (QED) is 0.250. The van der Waals surface area contributed by atoms with Gasteiger partial charge in [0, 0.05) is 17.2 Å². The van der Waals surface area contributed by atoms with E-state index in [9.17, 15) is 14.7 Å². The summed E-state index contributed by atoms with van der Waals surface area (Å²) >= 11 is 1.47. The monoisotopic (exact) mass is 486 g/mol. The van der Waals surface area contributed by atoms with Crippen molar-refractivity contribution in [2.24, 2.45) is 5.92 Å². The number of aliphatic hydroxyl groups excluding tert-OH is 1. The summed E-state index contributed by atoms with van der Waals surface area (Å²) in [6.45, 7) is 5.73. The predicted octanol–water partition coefficient (Wildman–Crippen LogP) is 7.37. The van der Waals surface area contributed by atoms with Crippen molar-refractivity contribution >= 4 is 23.3 Å². The van der Waals surface area contributed by atoms with Gasteiger partial charge in [-0.15, -0.1) is 11.3 Å². The Labute approximate surface area is 207 Å². The number of ketones is 1. The number of Topliss-reactive ketones (excluding diaryl/α,β-unsaturated/α-hetero) is 1. The van der Waals surface area contributed by atoms with E-state index in [-0.39, 0.29) is 12.0 Å². The van der Waals surface area contributed by atoms with Crippen molar-refractivity contribution in [1.29, 1.82) is 0 Å². The fraction of sp³-hybridized carbons (Fsp3) is 0.571. The summed E-state index contributed by atoms with van der Waals surface area (Å²) in [6, 6.07) is 11.9. The second kappa shape index (κ2) is 13.1. The maximum absolute atomic E-state index is 12.7. The van der Waals surface area contributed by atoms with Gasteiger partial charge in [0.2, 0.25) is 0 Å². The van der Waals surface area contributed by atoms with Crippen LogP contribution in [0.25, 0.3) is 0 Å².